The lowest BCUT2D eigenvalue weighted by Gasteiger charge is -2.69. The van der Waals surface area contributed by atoms with Gasteiger partial charge in [0.1, 0.15) is 74.4 Å². The number of imidazole rings is 1. The number of nitrogens with zero attached hydrogens (tertiary/aromatic N) is 5. The van der Waals surface area contributed by atoms with Crippen LogP contribution in [0.5, 0.6) is 0 Å². The molecule has 1 aliphatic heterocycles. The minimum atomic E-state index is -0.463. The van der Waals surface area contributed by atoms with E-state index in [-0.39, 0.29) is 5.91 Å². The molecule has 0 atom stereocenters. The lowest BCUT2D eigenvalue weighted by atomic mass is 9.30. The molecule has 8 nitrogen and oxygen atoms in total. The van der Waals surface area contributed by atoms with Gasteiger partial charge >= 0.3 is 0 Å². The van der Waals surface area contributed by atoms with E-state index in [2.05, 4.69) is 95.1 Å². The number of fused-ring (bicyclic) bond motifs is 1. The zero-order valence-corrected chi connectivity index (χ0v) is 24.3. The lowest BCUT2D eigenvalue weighted by molar-refractivity contribution is -0.0256. The summed E-state index contributed by atoms with van der Waals surface area (Å²) in [6.07, 6.45) is 7.09. The van der Waals surface area contributed by atoms with Crippen LogP contribution in [0.1, 0.15) is 10.4 Å². The van der Waals surface area contributed by atoms with E-state index in [0.29, 0.717) is 11.4 Å². The standard InChI is InChI=1S/C23H30B8N6O2/c1-36-11-32-10-16(36)12-2-3-14-9-34-17(7-15(14)6-12)35-19(38)13-4-5-33-18(8-13)37-20(24,25)22(28,29)39-23(30,31)21(37,26)27/h2-11H,24-31H2,1H3,(H,34,35,38). The molecule has 3 aromatic heterocycles. The van der Waals surface area contributed by atoms with E-state index in [1.165, 1.54) is 0 Å². The molecule has 0 bridgehead atoms. The Labute approximate surface area is 236 Å². The number of carbonyl (C=O) groups excluding carboxylic acids is 1. The van der Waals surface area contributed by atoms with Gasteiger partial charge in [0.05, 0.1) is 18.2 Å². The van der Waals surface area contributed by atoms with E-state index in [4.69, 9.17) is 9.72 Å². The minimum absolute atomic E-state index is 0.240. The van der Waals surface area contributed by atoms with E-state index in [1.807, 2.05) is 36.0 Å². The highest BCUT2D eigenvalue weighted by Gasteiger charge is 2.58. The number of hydrogen-bond donors (Lipinski definition) is 1. The summed E-state index contributed by atoms with van der Waals surface area (Å²) in [6, 6.07) is 11.7. The smallest absolute Gasteiger partial charge is 0.257 e. The van der Waals surface area contributed by atoms with Crippen molar-refractivity contribution in [3.05, 3.63) is 66.9 Å². The first kappa shape index (κ1) is 27.3. The van der Waals surface area contributed by atoms with Gasteiger partial charge in [-0.3, -0.25) is 4.79 Å². The molecule has 5 rings (SSSR count). The second kappa shape index (κ2) is 9.15. The number of ether oxygens (including phenoxy) is 1. The molecule has 1 aliphatic rings. The van der Waals surface area contributed by atoms with Crippen LogP contribution in [0.15, 0.2) is 61.3 Å². The summed E-state index contributed by atoms with van der Waals surface area (Å²) in [4.78, 5) is 29.2. The van der Waals surface area contributed by atoms with Gasteiger partial charge in [-0.05, 0) is 40.3 Å². The largest absolute Gasteiger partial charge is 0.402 e. The maximum Gasteiger partial charge on any atom is 0.257 e. The summed E-state index contributed by atoms with van der Waals surface area (Å²) in [7, 11) is 19.1. The molecular formula is C23H30B8N6O2. The number of benzene rings is 1. The van der Waals surface area contributed by atoms with E-state index < -0.39 is 21.5 Å². The quantitative estimate of drug-likeness (QED) is 0.277. The number of aryl methyl sites for hydroxylation is 1. The first-order valence-electron chi connectivity index (χ1n) is 13.3. The summed E-state index contributed by atoms with van der Waals surface area (Å²) < 4.78 is 8.59. The highest BCUT2D eigenvalue weighted by atomic mass is 16.5. The SMILES string of the molecule is BC1(B)OC(B)(B)C(B)(B)N(c2cc(C(=O)Nc3cc4cc(-c5cncn5C)ccc4cn3)ccn2)C1(B)B. The van der Waals surface area contributed by atoms with Gasteiger partial charge in [0.15, 0.2) is 0 Å². The third-order valence-corrected chi connectivity index (χ3v) is 8.89. The van der Waals surface area contributed by atoms with Crippen molar-refractivity contribution in [1.29, 1.82) is 0 Å². The van der Waals surface area contributed by atoms with Crippen LogP contribution in [0.25, 0.3) is 22.0 Å². The maximum atomic E-state index is 13.4. The molecule has 188 valence electrons. The molecule has 0 aliphatic carbocycles. The topological polar surface area (TPSA) is 85.2 Å². The molecule has 16 heteroatoms. The number of aromatic nitrogens is 4. The Balaban J connectivity index is 1.46. The zero-order chi connectivity index (χ0) is 28.4. The molecule has 0 radical (unpaired) electrons. The normalized spacial score (nSPS) is 18.9. The number of morpholine rings is 1. The monoisotopic (exact) mass is 510 g/mol. The van der Waals surface area contributed by atoms with Gasteiger partial charge in [0, 0.05) is 46.8 Å². The molecule has 1 aromatic carbocycles. The fourth-order valence-electron chi connectivity index (χ4n) is 5.57. The van der Waals surface area contributed by atoms with Crippen molar-refractivity contribution in [1.82, 2.24) is 19.5 Å². The molecule has 0 unspecified atom stereocenters. The molecule has 39 heavy (non-hydrogen) atoms. The van der Waals surface area contributed by atoms with Crippen molar-refractivity contribution >= 4 is 91.1 Å². The van der Waals surface area contributed by atoms with E-state index in [1.54, 1.807) is 24.8 Å². The Kier molecular flexibility index (Phi) is 6.41. The Morgan fingerprint density at radius 2 is 1.56 bits per heavy atom. The second-order valence-corrected chi connectivity index (χ2v) is 12.5. The minimum Gasteiger partial charge on any atom is -0.402 e. The highest BCUT2D eigenvalue weighted by Crippen LogP contribution is 2.42. The van der Waals surface area contributed by atoms with Gasteiger partial charge in [-0.1, -0.05) is 12.1 Å². The Morgan fingerprint density at radius 1 is 0.872 bits per heavy atom. The lowest BCUT2D eigenvalue weighted by Crippen LogP contribution is -2.86. The van der Waals surface area contributed by atoms with Crippen LogP contribution in [0.4, 0.5) is 11.6 Å². The first-order valence-corrected chi connectivity index (χ1v) is 13.3. The van der Waals surface area contributed by atoms with E-state index >= 15 is 0 Å². The van der Waals surface area contributed by atoms with Gasteiger partial charge in [0.2, 0.25) is 0 Å². The number of amides is 1. The predicted octanol–water partition coefficient (Wildman–Crippen LogP) is -5.20. The van der Waals surface area contributed by atoms with Crippen molar-refractivity contribution in [3.8, 4) is 11.3 Å². The second-order valence-electron chi connectivity index (χ2n) is 12.5. The van der Waals surface area contributed by atoms with Gasteiger partial charge < -0.3 is 19.5 Å². The van der Waals surface area contributed by atoms with Crippen LogP contribution >= 0.6 is 0 Å². The van der Waals surface area contributed by atoms with Crippen LogP contribution in [-0.4, -0.2) is 110 Å². The van der Waals surface area contributed by atoms with Crippen LogP contribution in [-0.2, 0) is 11.8 Å². The molecule has 4 heterocycles. The number of carbonyl (C=O) groups is 1. The van der Waals surface area contributed by atoms with Gasteiger partial charge in [-0.25, -0.2) is 15.0 Å². The number of nitrogens with one attached hydrogen (secondary N) is 1. The Morgan fingerprint density at radius 3 is 2.21 bits per heavy atom. The van der Waals surface area contributed by atoms with Crippen molar-refractivity contribution in [2.24, 2.45) is 7.05 Å². The molecule has 4 aromatic rings. The molecule has 1 saturated heterocycles. The van der Waals surface area contributed by atoms with Gasteiger partial charge in [-0.15, -0.1) is 0 Å². The summed E-state index contributed by atoms with van der Waals surface area (Å²) in [5.74, 6) is 0.979. The van der Waals surface area contributed by atoms with E-state index in [0.717, 1.165) is 27.8 Å². The molecule has 1 fully saturated rings. The van der Waals surface area contributed by atoms with E-state index in [9.17, 15) is 4.79 Å². The molecule has 0 spiro atoms. The number of rotatable bonds is 4. The van der Waals surface area contributed by atoms with Crippen molar-refractivity contribution < 1.29 is 9.53 Å². The summed E-state index contributed by atoms with van der Waals surface area (Å²) >= 11 is 0. The number of hydrogen-bond acceptors (Lipinski definition) is 6. The summed E-state index contributed by atoms with van der Waals surface area (Å²) in [5.41, 5.74) is 2.58. The number of pyridine rings is 2. The third kappa shape index (κ3) is 4.52. The maximum absolute atomic E-state index is 13.4. The van der Waals surface area contributed by atoms with Crippen molar-refractivity contribution in [2.45, 2.75) is 21.5 Å². The van der Waals surface area contributed by atoms with Crippen LogP contribution in [0, 0.1) is 0 Å². The molecular weight excluding hydrogens is 479 g/mol. The van der Waals surface area contributed by atoms with Crippen molar-refractivity contribution in [2.75, 3.05) is 10.2 Å². The average molecular weight is 509 g/mol. The number of anilines is 2. The predicted molar refractivity (Wildman–Crippen MR) is 179 cm³/mol. The van der Waals surface area contributed by atoms with Crippen LogP contribution in [0.3, 0.4) is 0 Å². The fourth-order valence-corrected chi connectivity index (χ4v) is 5.57. The highest BCUT2D eigenvalue weighted by molar-refractivity contribution is 6.61. The van der Waals surface area contributed by atoms with Gasteiger partial charge in [0.25, 0.3) is 5.91 Å². The molecule has 0 saturated carbocycles. The first-order chi connectivity index (χ1) is 18.1. The zero-order valence-electron chi connectivity index (χ0n) is 24.3. The van der Waals surface area contributed by atoms with Crippen molar-refractivity contribution in [3.63, 3.8) is 0 Å². The Hall–Kier alpha value is -3.26. The Bertz CT molecular complexity index is 1570. The summed E-state index contributed by atoms with van der Waals surface area (Å²) in [5, 5.41) is 3.22. The summed E-state index contributed by atoms with van der Waals surface area (Å²) in [6.45, 7) is 0. The van der Waals surface area contributed by atoms with Gasteiger partial charge in [-0.2, -0.15) is 0 Å². The van der Waals surface area contributed by atoms with Crippen LogP contribution < -0.4 is 10.2 Å². The molecule has 1 N–H and O–H groups in total. The van der Waals surface area contributed by atoms with Crippen LogP contribution in [0.2, 0.25) is 0 Å². The molecule has 1 amide bonds. The third-order valence-electron chi connectivity index (χ3n) is 8.89. The fraction of sp³-hybridized carbons (Fsp3) is 0.217. The average Bonchev–Trinajstić information content (AvgIpc) is 3.28.